The second-order valence-corrected chi connectivity index (χ2v) is 13.2. The highest BCUT2D eigenvalue weighted by atomic mass is 28.4. The molecule has 1 aromatic rings. The molecule has 0 fully saturated rings. The Bertz CT molecular complexity index is 714. The number of amides is 1. The van der Waals surface area contributed by atoms with Gasteiger partial charge < -0.3 is 14.5 Å². The van der Waals surface area contributed by atoms with Crippen molar-refractivity contribution in [3.8, 4) is 0 Å². The monoisotopic (exact) mass is 433 g/mol. The number of hydrogen-bond donors (Lipinski definition) is 1. The molecule has 0 aliphatic heterocycles. The van der Waals surface area contributed by atoms with Gasteiger partial charge in [0.1, 0.15) is 6.04 Å². The summed E-state index contributed by atoms with van der Waals surface area (Å²) in [6.45, 7) is 10.7. The Hall–Kier alpha value is -1.87. The molecule has 1 amide bonds. The van der Waals surface area contributed by atoms with Gasteiger partial charge in [-0.1, -0.05) is 39.0 Å². The molecule has 0 aliphatic rings. The van der Waals surface area contributed by atoms with Gasteiger partial charge in [-0.05, 0) is 29.8 Å². The molecule has 5 nitrogen and oxygen atoms in total. The number of ether oxygens (including phenoxy) is 1. The van der Waals surface area contributed by atoms with Gasteiger partial charge in [-0.15, -0.1) is 0 Å². The first-order valence-electron chi connectivity index (χ1n) is 9.34. The fourth-order valence-electron chi connectivity index (χ4n) is 2.33. The van der Waals surface area contributed by atoms with Crippen LogP contribution in [0.5, 0.6) is 0 Å². The molecule has 1 N–H and O–H groups in total. The molecule has 0 bridgehead atoms. The first kappa shape index (κ1) is 25.2. The number of hydrogen-bond acceptors (Lipinski definition) is 4. The number of carbonyl (C=O) groups excluding carboxylic acids is 2. The van der Waals surface area contributed by atoms with Crippen molar-refractivity contribution in [1.29, 1.82) is 0 Å². The van der Waals surface area contributed by atoms with Crippen LogP contribution in [0.4, 0.5) is 13.2 Å². The first-order chi connectivity index (χ1) is 13.2. The largest absolute Gasteiger partial charge is 0.467 e. The second kappa shape index (κ2) is 9.75. The number of nitrogens with one attached hydrogen (secondary N) is 1. The summed E-state index contributed by atoms with van der Waals surface area (Å²) >= 11 is 0. The number of methoxy groups -OCH3 is 1. The lowest BCUT2D eigenvalue weighted by atomic mass is 10.1. The van der Waals surface area contributed by atoms with E-state index in [1.807, 2.05) is 0 Å². The summed E-state index contributed by atoms with van der Waals surface area (Å²) < 4.78 is 49.2. The SMILES string of the molecule is COC(=O)[C@@H](CCO[Si](C)(C)C(C)(C)C)NC(=O)Cc1cccc(C(F)(F)F)c1. The Balaban J connectivity index is 2.74. The minimum atomic E-state index is -4.48. The van der Waals surface area contributed by atoms with Crippen molar-refractivity contribution in [2.75, 3.05) is 13.7 Å². The molecule has 0 heterocycles. The Kier molecular flexibility index (Phi) is 8.46. The van der Waals surface area contributed by atoms with E-state index in [1.165, 1.54) is 19.2 Å². The third-order valence-corrected chi connectivity index (χ3v) is 9.65. The van der Waals surface area contributed by atoms with Gasteiger partial charge in [-0.25, -0.2) is 4.79 Å². The quantitative estimate of drug-likeness (QED) is 0.490. The van der Waals surface area contributed by atoms with E-state index in [9.17, 15) is 22.8 Å². The third-order valence-electron chi connectivity index (χ3n) is 5.12. The van der Waals surface area contributed by atoms with Crippen LogP contribution >= 0.6 is 0 Å². The Morgan fingerprint density at radius 3 is 2.31 bits per heavy atom. The van der Waals surface area contributed by atoms with Gasteiger partial charge in [0.05, 0.1) is 19.1 Å². The molecule has 1 rings (SSSR count). The van der Waals surface area contributed by atoms with Crippen molar-refractivity contribution in [1.82, 2.24) is 5.32 Å². The molecule has 0 aromatic heterocycles. The summed E-state index contributed by atoms with van der Waals surface area (Å²) in [5, 5.41) is 2.54. The molecule has 29 heavy (non-hydrogen) atoms. The number of halogens is 3. The zero-order chi connectivity index (χ0) is 22.5. The fourth-order valence-corrected chi connectivity index (χ4v) is 3.39. The van der Waals surface area contributed by atoms with E-state index in [2.05, 4.69) is 39.2 Å². The van der Waals surface area contributed by atoms with Gasteiger partial charge in [0.25, 0.3) is 0 Å². The molecule has 0 saturated heterocycles. The number of alkyl halides is 3. The average Bonchev–Trinajstić information content (AvgIpc) is 2.58. The lowest BCUT2D eigenvalue weighted by Gasteiger charge is -2.36. The Morgan fingerprint density at radius 2 is 1.79 bits per heavy atom. The highest BCUT2D eigenvalue weighted by Crippen LogP contribution is 2.36. The zero-order valence-electron chi connectivity index (χ0n) is 17.8. The molecule has 0 saturated carbocycles. The average molecular weight is 434 g/mol. The zero-order valence-corrected chi connectivity index (χ0v) is 18.8. The van der Waals surface area contributed by atoms with Gasteiger partial charge in [0.2, 0.25) is 5.91 Å². The Morgan fingerprint density at radius 1 is 1.17 bits per heavy atom. The molecule has 164 valence electrons. The van der Waals surface area contributed by atoms with Crippen molar-refractivity contribution in [3.05, 3.63) is 35.4 Å². The highest BCUT2D eigenvalue weighted by Gasteiger charge is 2.37. The maximum Gasteiger partial charge on any atom is 0.416 e. The summed E-state index contributed by atoms with van der Waals surface area (Å²) in [6.07, 6.45) is -4.55. The fraction of sp³-hybridized carbons (Fsp3) is 0.600. The van der Waals surface area contributed by atoms with Crippen molar-refractivity contribution in [2.24, 2.45) is 0 Å². The second-order valence-electron chi connectivity index (χ2n) is 8.42. The lowest BCUT2D eigenvalue weighted by molar-refractivity contribution is -0.145. The molecule has 1 aromatic carbocycles. The van der Waals surface area contributed by atoms with Crippen LogP contribution in [0.25, 0.3) is 0 Å². The highest BCUT2D eigenvalue weighted by molar-refractivity contribution is 6.74. The molecule has 0 aliphatic carbocycles. The molecule has 0 radical (unpaired) electrons. The predicted octanol–water partition coefficient (Wildman–Crippen LogP) is 4.32. The molecule has 0 spiro atoms. The van der Waals surface area contributed by atoms with Crippen molar-refractivity contribution < 1.29 is 31.9 Å². The molecule has 0 unspecified atom stereocenters. The van der Waals surface area contributed by atoms with Crippen LogP contribution in [0.15, 0.2) is 24.3 Å². The third kappa shape index (κ3) is 7.81. The van der Waals surface area contributed by atoms with E-state index < -0.39 is 38.0 Å². The van der Waals surface area contributed by atoms with E-state index in [-0.39, 0.29) is 30.1 Å². The van der Waals surface area contributed by atoms with Crippen LogP contribution in [0.1, 0.15) is 38.3 Å². The topological polar surface area (TPSA) is 64.6 Å². The van der Waals surface area contributed by atoms with Gasteiger partial charge in [0.15, 0.2) is 8.32 Å². The lowest BCUT2D eigenvalue weighted by Crippen LogP contribution is -2.45. The van der Waals surface area contributed by atoms with Crippen LogP contribution in [0.3, 0.4) is 0 Å². The van der Waals surface area contributed by atoms with Gasteiger partial charge in [-0.2, -0.15) is 13.2 Å². The summed E-state index contributed by atoms with van der Waals surface area (Å²) in [5.74, 6) is -1.19. The predicted molar refractivity (Wildman–Crippen MR) is 107 cm³/mol. The van der Waals surface area contributed by atoms with E-state index in [4.69, 9.17) is 9.16 Å². The Labute approximate surface area is 171 Å². The number of esters is 1. The summed E-state index contributed by atoms with van der Waals surface area (Å²) in [5.41, 5.74) is -0.617. The molecule has 1 atom stereocenters. The number of carbonyl (C=O) groups is 2. The van der Waals surface area contributed by atoms with E-state index in [0.717, 1.165) is 12.1 Å². The minimum Gasteiger partial charge on any atom is -0.467 e. The molecular formula is C20H30F3NO4Si. The van der Waals surface area contributed by atoms with Crippen LogP contribution in [0, 0.1) is 0 Å². The van der Waals surface area contributed by atoms with E-state index >= 15 is 0 Å². The van der Waals surface area contributed by atoms with Crippen LogP contribution in [0.2, 0.25) is 18.1 Å². The summed E-state index contributed by atoms with van der Waals surface area (Å²) in [4.78, 5) is 24.3. The summed E-state index contributed by atoms with van der Waals surface area (Å²) in [6, 6.07) is 3.62. The van der Waals surface area contributed by atoms with Crippen LogP contribution < -0.4 is 5.32 Å². The maximum atomic E-state index is 12.8. The van der Waals surface area contributed by atoms with Gasteiger partial charge in [0, 0.05) is 13.0 Å². The smallest absolute Gasteiger partial charge is 0.416 e. The maximum absolute atomic E-state index is 12.8. The van der Waals surface area contributed by atoms with Crippen LogP contribution in [-0.4, -0.2) is 40.0 Å². The van der Waals surface area contributed by atoms with Crippen LogP contribution in [-0.2, 0) is 31.3 Å². The first-order valence-corrected chi connectivity index (χ1v) is 12.3. The minimum absolute atomic E-state index is 0.000506. The molecular weight excluding hydrogens is 403 g/mol. The van der Waals surface area contributed by atoms with E-state index in [0.29, 0.717) is 0 Å². The van der Waals surface area contributed by atoms with Crippen molar-refractivity contribution >= 4 is 20.2 Å². The number of rotatable bonds is 8. The number of benzene rings is 1. The standard InChI is InChI=1S/C20H30F3NO4Si/c1-19(2,3)29(5,6)28-11-10-16(18(26)27-4)24-17(25)13-14-8-7-9-15(12-14)20(21,22)23/h7-9,12,16H,10-11,13H2,1-6H3,(H,24,25)/t16-/m1/s1. The van der Waals surface area contributed by atoms with Crippen molar-refractivity contribution in [3.63, 3.8) is 0 Å². The van der Waals surface area contributed by atoms with Gasteiger partial charge >= 0.3 is 12.1 Å². The molecule has 9 heteroatoms. The van der Waals surface area contributed by atoms with E-state index in [1.54, 1.807) is 0 Å². The normalized spacial score (nSPS) is 13.7. The summed E-state index contributed by atoms with van der Waals surface area (Å²) in [7, 11) is -0.802. The van der Waals surface area contributed by atoms with Gasteiger partial charge in [-0.3, -0.25) is 4.79 Å². The van der Waals surface area contributed by atoms with Crippen molar-refractivity contribution in [2.45, 2.75) is 64.0 Å².